The highest BCUT2D eigenvalue weighted by atomic mass is 35.5. The van der Waals surface area contributed by atoms with Crippen LogP contribution in [0.4, 0.5) is 0 Å². The molecule has 0 spiro atoms. The topological polar surface area (TPSA) is 26.0 Å². The van der Waals surface area contributed by atoms with Gasteiger partial charge in [-0.1, -0.05) is 13.0 Å². The van der Waals surface area contributed by atoms with E-state index >= 15 is 0 Å². The van der Waals surface area contributed by atoms with Crippen LogP contribution in [0.25, 0.3) is 0 Å². The van der Waals surface area contributed by atoms with E-state index in [9.17, 15) is 0 Å². The fourth-order valence-corrected chi connectivity index (χ4v) is 1.75. The van der Waals surface area contributed by atoms with Crippen LogP contribution in [0.1, 0.15) is 17.7 Å². The second-order valence-electron chi connectivity index (χ2n) is 2.25. The molecule has 2 atom stereocenters. The first-order chi connectivity index (χ1) is 4.72. The van der Waals surface area contributed by atoms with Crippen molar-refractivity contribution in [3.05, 3.63) is 22.4 Å². The summed E-state index contributed by atoms with van der Waals surface area (Å²) in [4.78, 5) is 1.25. The van der Waals surface area contributed by atoms with Crippen molar-refractivity contribution in [2.75, 3.05) is 0 Å². The molecule has 1 heterocycles. The predicted molar refractivity (Wildman–Crippen MR) is 46.6 cm³/mol. The molecule has 2 N–H and O–H groups in total. The molecule has 1 nitrogen and oxygen atoms in total. The Morgan fingerprint density at radius 2 is 2.40 bits per heavy atom. The van der Waals surface area contributed by atoms with Crippen molar-refractivity contribution in [3.63, 3.8) is 0 Å². The molecule has 0 fully saturated rings. The molecule has 56 valence electrons. The van der Waals surface area contributed by atoms with E-state index in [1.807, 2.05) is 18.4 Å². The molecule has 0 bridgehead atoms. The Labute approximate surface area is 69.8 Å². The lowest BCUT2D eigenvalue weighted by atomic mass is 10.1. The second kappa shape index (κ2) is 3.37. The van der Waals surface area contributed by atoms with E-state index in [2.05, 4.69) is 6.07 Å². The van der Waals surface area contributed by atoms with Crippen molar-refractivity contribution in [1.29, 1.82) is 0 Å². The zero-order valence-electron chi connectivity index (χ0n) is 5.75. The highest BCUT2D eigenvalue weighted by Gasteiger charge is 2.11. The molecule has 1 aromatic rings. The van der Waals surface area contributed by atoms with Crippen LogP contribution < -0.4 is 5.73 Å². The highest BCUT2D eigenvalue weighted by Crippen LogP contribution is 2.24. The van der Waals surface area contributed by atoms with E-state index in [1.165, 1.54) is 4.88 Å². The minimum absolute atomic E-state index is 0.265. The van der Waals surface area contributed by atoms with Crippen molar-refractivity contribution >= 4 is 22.9 Å². The van der Waals surface area contributed by atoms with Gasteiger partial charge in [0.2, 0.25) is 0 Å². The summed E-state index contributed by atoms with van der Waals surface area (Å²) >= 11 is 7.40. The van der Waals surface area contributed by atoms with Crippen molar-refractivity contribution in [2.45, 2.75) is 18.3 Å². The van der Waals surface area contributed by atoms with Crippen LogP contribution in [0.2, 0.25) is 0 Å². The molecule has 2 unspecified atom stereocenters. The number of alkyl halides is 1. The van der Waals surface area contributed by atoms with Crippen molar-refractivity contribution in [3.8, 4) is 0 Å². The number of rotatable bonds is 2. The summed E-state index contributed by atoms with van der Waals surface area (Å²) in [6, 6.07) is 4.06. The van der Waals surface area contributed by atoms with Gasteiger partial charge in [-0.05, 0) is 11.4 Å². The van der Waals surface area contributed by atoms with Crippen molar-refractivity contribution in [2.24, 2.45) is 5.73 Å². The normalized spacial score (nSPS) is 16.7. The van der Waals surface area contributed by atoms with Crippen LogP contribution in [-0.4, -0.2) is 5.50 Å². The van der Waals surface area contributed by atoms with Crippen LogP contribution in [-0.2, 0) is 0 Å². The van der Waals surface area contributed by atoms with Crippen molar-refractivity contribution in [1.82, 2.24) is 0 Å². The van der Waals surface area contributed by atoms with E-state index in [-0.39, 0.29) is 11.4 Å². The van der Waals surface area contributed by atoms with E-state index < -0.39 is 0 Å². The summed E-state index contributed by atoms with van der Waals surface area (Å²) in [6.45, 7) is 2.03. The van der Waals surface area contributed by atoms with Gasteiger partial charge in [-0.25, -0.2) is 0 Å². The van der Waals surface area contributed by atoms with E-state index in [4.69, 9.17) is 17.3 Å². The van der Waals surface area contributed by atoms with E-state index in [1.54, 1.807) is 11.3 Å². The molecule has 1 rings (SSSR count). The molecule has 0 saturated carbocycles. The Hall–Kier alpha value is -0.0500. The smallest absolute Gasteiger partial charge is 0.0875 e. The average molecular weight is 176 g/mol. The minimum Gasteiger partial charge on any atom is -0.315 e. The Kier molecular flexibility index (Phi) is 2.72. The minimum atomic E-state index is -0.265. The summed E-state index contributed by atoms with van der Waals surface area (Å²) in [5.74, 6) is 0.265. The maximum Gasteiger partial charge on any atom is 0.0875 e. The van der Waals surface area contributed by atoms with Gasteiger partial charge in [0.15, 0.2) is 0 Å². The Morgan fingerprint density at radius 1 is 1.70 bits per heavy atom. The number of hydrogen-bond donors (Lipinski definition) is 1. The standard InChI is InChI=1S/C7H10ClNS/c1-5(7(8)9)6-3-2-4-10-6/h2-5,7H,9H2,1H3. The monoisotopic (exact) mass is 175 g/mol. The molecule has 3 heteroatoms. The number of hydrogen-bond acceptors (Lipinski definition) is 2. The Morgan fingerprint density at radius 3 is 2.80 bits per heavy atom. The third-order valence-electron chi connectivity index (χ3n) is 1.47. The van der Waals surface area contributed by atoms with Gasteiger partial charge in [0.25, 0.3) is 0 Å². The number of nitrogens with two attached hydrogens (primary N) is 1. The molecule has 1 aromatic heterocycles. The SMILES string of the molecule is CC(c1cccs1)C(N)Cl. The molecule has 0 amide bonds. The lowest BCUT2D eigenvalue weighted by Crippen LogP contribution is -2.18. The third-order valence-corrected chi connectivity index (χ3v) is 2.92. The summed E-state index contributed by atoms with van der Waals surface area (Å²) in [6.07, 6.45) is 0. The zero-order chi connectivity index (χ0) is 7.56. The van der Waals surface area contributed by atoms with E-state index in [0.29, 0.717) is 0 Å². The van der Waals surface area contributed by atoms with Crippen LogP contribution in [0, 0.1) is 0 Å². The van der Waals surface area contributed by atoms with Gasteiger partial charge in [0, 0.05) is 10.8 Å². The van der Waals surface area contributed by atoms with Gasteiger partial charge in [0.05, 0.1) is 5.50 Å². The predicted octanol–water partition coefficient (Wildman–Crippen LogP) is 2.38. The Bertz CT molecular complexity index is 183. The van der Waals surface area contributed by atoms with Crippen LogP contribution in [0.15, 0.2) is 17.5 Å². The van der Waals surface area contributed by atoms with Gasteiger partial charge >= 0.3 is 0 Å². The van der Waals surface area contributed by atoms with Crippen LogP contribution in [0.3, 0.4) is 0 Å². The van der Waals surface area contributed by atoms with Crippen molar-refractivity contribution < 1.29 is 0 Å². The molecule has 0 aliphatic rings. The molecule has 10 heavy (non-hydrogen) atoms. The van der Waals surface area contributed by atoms with Gasteiger partial charge in [-0.3, -0.25) is 0 Å². The summed E-state index contributed by atoms with van der Waals surface area (Å²) in [5.41, 5.74) is 5.23. The lowest BCUT2D eigenvalue weighted by Gasteiger charge is -2.10. The lowest BCUT2D eigenvalue weighted by molar-refractivity contribution is 0.732. The molecular weight excluding hydrogens is 166 g/mol. The number of thiophene rings is 1. The van der Waals surface area contributed by atoms with Crippen LogP contribution >= 0.6 is 22.9 Å². The molecular formula is C7H10ClNS. The summed E-state index contributed by atoms with van der Waals surface area (Å²) in [5, 5.41) is 2.03. The fraction of sp³-hybridized carbons (Fsp3) is 0.429. The average Bonchev–Trinajstić information content (AvgIpc) is 2.36. The van der Waals surface area contributed by atoms with Gasteiger partial charge in [-0.2, -0.15) is 0 Å². The maximum atomic E-state index is 5.70. The fourth-order valence-electron chi connectivity index (χ4n) is 0.707. The quantitative estimate of drug-likeness (QED) is 0.542. The number of halogens is 1. The summed E-state index contributed by atoms with van der Waals surface area (Å²) < 4.78 is 0. The van der Waals surface area contributed by atoms with Gasteiger partial charge in [0.1, 0.15) is 0 Å². The molecule has 0 aromatic carbocycles. The van der Waals surface area contributed by atoms with E-state index in [0.717, 1.165) is 0 Å². The first-order valence-electron chi connectivity index (χ1n) is 3.15. The Balaban J connectivity index is 2.68. The maximum absolute atomic E-state index is 5.70. The summed E-state index contributed by atoms with van der Waals surface area (Å²) in [7, 11) is 0. The molecule has 0 radical (unpaired) electrons. The first-order valence-corrected chi connectivity index (χ1v) is 4.46. The van der Waals surface area contributed by atoms with Gasteiger partial charge < -0.3 is 5.73 Å². The van der Waals surface area contributed by atoms with Gasteiger partial charge in [-0.15, -0.1) is 22.9 Å². The van der Waals surface area contributed by atoms with Crippen LogP contribution in [0.5, 0.6) is 0 Å². The largest absolute Gasteiger partial charge is 0.315 e. The first kappa shape index (κ1) is 8.05. The zero-order valence-corrected chi connectivity index (χ0v) is 7.32. The third kappa shape index (κ3) is 1.72. The molecule has 0 aliphatic heterocycles. The molecule has 0 aliphatic carbocycles. The molecule has 0 saturated heterocycles. The highest BCUT2D eigenvalue weighted by molar-refractivity contribution is 7.10. The second-order valence-corrected chi connectivity index (χ2v) is 3.73.